The van der Waals surface area contributed by atoms with Crippen LogP contribution in [0.4, 0.5) is 0 Å². The van der Waals surface area contributed by atoms with Crippen molar-refractivity contribution in [3.63, 3.8) is 0 Å². The van der Waals surface area contributed by atoms with Gasteiger partial charge in [0, 0.05) is 12.1 Å². The summed E-state index contributed by atoms with van der Waals surface area (Å²) < 4.78 is 5.66. The summed E-state index contributed by atoms with van der Waals surface area (Å²) in [5.41, 5.74) is 8.32. The van der Waals surface area contributed by atoms with E-state index in [0.717, 1.165) is 24.3 Å². The molecule has 0 radical (unpaired) electrons. The molecule has 0 amide bonds. The van der Waals surface area contributed by atoms with Crippen LogP contribution in [0.2, 0.25) is 0 Å². The van der Waals surface area contributed by atoms with Crippen LogP contribution in [-0.2, 0) is 12.0 Å². The molecular weight excluding hydrogens is 198 g/mol. The average molecular weight is 221 g/mol. The molecule has 16 heavy (non-hydrogen) atoms. The number of nitrogens with two attached hydrogens (primary N) is 1. The van der Waals surface area contributed by atoms with Gasteiger partial charge in [-0.15, -0.1) is 0 Å². The van der Waals surface area contributed by atoms with Gasteiger partial charge in [-0.05, 0) is 23.5 Å². The minimum absolute atomic E-state index is 0.160. The summed E-state index contributed by atoms with van der Waals surface area (Å²) >= 11 is 0. The Bertz CT molecular complexity index is 339. The zero-order valence-corrected chi connectivity index (χ0v) is 10.8. The molecule has 0 spiro atoms. The van der Waals surface area contributed by atoms with Crippen LogP contribution in [-0.4, -0.2) is 6.61 Å². The Kier molecular flexibility index (Phi) is 4.36. The summed E-state index contributed by atoms with van der Waals surface area (Å²) in [4.78, 5) is 0. The molecule has 0 aliphatic heterocycles. The zero-order valence-electron chi connectivity index (χ0n) is 10.8. The summed E-state index contributed by atoms with van der Waals surface area (Å²) in [7, 11) is 0. The third-order valence-corrected chi connectivity index (χ3v) is 2.61. The molecule has 1 rings (SSSR count). The first-order valence-corrected chi connectivity index (χ1v) is 5.95. The van der Waals surface area contributed by atoms with Crippen molar-refractivity contribution in [1.29, 1.82) is 0 Å². The van der Waals surface area contributed by atoms with Gasteiger partial charge in [-0.25, -0.2) is 0 Å². The molecule has 0 bridgehead atoms. The number of ether oxygens (including phenoxy) is 1. The van der Waals surface area contributed by atoms with E-state index >= 15 is 0 Å². The molecule has 0 aliphatic carbocycles. The molecule has 0 aromatic heterocycles. The molecule has 0 unspecified atom stereocenters. The van der Waals surface area contributed by atoms with Crippen LogP contribution >= 0.6 is 0 Å². The van der Waals surface area contributed by atoms with Gasteiger partial charge in [0.15, 0.2) is 0 Å². The molecule has 0 aliphatic rings. The van der Waals surface area contributed by atoms with E-state index in [2.05, 4.69) is 39.8 Å². The Labute approximate surface area is 98.8 Å². The van der Waals surface area contributed by atoms with Crippen molar-refractivity contribution in [2.75, 3.05) is 6.61 Å². The molecule has 90 valence electrons. The van der Waals surface area contributed by atoms with Crippen molar-refractivity contribution >= 4 is 0 Å². The molecular formula is C14H23NO. The molecule has 1 aromatic carbocycles. The second-order valence-electron chi connectivity index (χ2n) is 5.13. The summed E-state index contributed by atoms with van der Waals surface area (Å²) in [6, 6.07) is 6.33. The molecule has 2 heteroatoms. The highest BCUT2D eigenvalue weighted by atomic mass is 16.5. The van der Waals surface area contributed by atoms with Crippen LogP contribution < -0.4 is 10.5 Å². The average Bonchev–Trinajstić information content (AvgIpc) is 2.24. The molecule has 0 saturated carbocycles. The predicted octanol–water partition coefficient (Wildman–Crippen LogP) is 3.23. The Morgan fingerprint density at radius 3 is 2.44 bits per heavy atom. The van der Waals surface area contributed by atoms with E-state index in [0.29, 0.717) is 6.54 Å². The highest BCUT2D eigenvalue weighted by Crippen LogP contribution is 2.27. The smallest absolute Gasteiger partial charge is 0.123 e. The Morgan fingerprint density at radius 1 is 1.25 bits per heavy atom. The molecule has 2 N–H and O–H groups in total. The van der Waals surface area contributed by atoms with Gasteiger partial charge in [-0.2, -0.15) is 0 Å². The second-order valence-corrected chi connectivity index (χ2v) is 5.13. The monoisotopic (exact) mass is 221 g/mol. The van der Waals surface area contributed by atoms with E-state index < -0.39 is 0 Å². The quantitative estimate of drug-likeness (QED) is 0.847. The van der Waals surface area contributed by atoms with E-state index in [1.807, 2.05) is 6.07 Å². The first-order chi connectivity index (χ1) is 7.49. The topological polar surface area (TPSA) is 35.2 Å². The lowest BCUT2D eigenvalue weighted by Gasteiger charge is -2.21. The van der Waals surface area contributed by atoms with E-state index in [4.69, 9.17) is 10.5 Å². The zero-order chi connectivity index (χ0) is 12.2. The lowest BCUT2D eigenvalue weighted by molar-refractivity contribution is 0.314. The summed E-state index contributed by atoms with van der Waals surface area (Å²) in [6.45, 7) is 10.00. The van der Waals surface area contributed by atoms with Gasteiger partial charge < -0.3 is 10.5 Å². The Hall–Kier alpha value is -1.02. The number of benzene rings is 1. The predicted molar refractivity (Wildman–Crippen MR) is 68.8 cm³/mol. The van der Waals surface area contributed by atoms with E-state index in [1.54, 1.807) is 0 Å². The van der Waals surface area contributed by atoms with Crippen LogP contribution in [0.1, 0.15) is 45.2 Å². The molecule has 2 nitrogen and oxygen atoms in total. The van der Waals surface area contributed by atoms with Gasteiger partial charge in [0.2, 0.25) is 0 Å². The van der Waals surface area contributed by atoms with Gasteiger partial charge in [0.05, 0.1) is 6.61 Å². The maximum absolute atomic E-state index is 5.75. The Balaban J connectivity index is 2.97. The van der Waals surface area contributed by atoms with E-state index in [-0.39, 0.29) is 5.41 Å². The van der Waals surface area contributed by atoms with Gasteiger partial charge in [0.25, 0.3) is 0 Å². The first kappa shape index (κ1) is 13.0. The maximum atomic E-state index is 5.75. The van der Waals surface area contributed by atoms with Crippen LogP contribution in [0, 0.1) is 0 Å². The van der Waals surface area contributed by atoms with Crippen molar-refractivity contribution in [3.8, 4) is 5.75 Å². The molecule has 0 heterocycles. The third-order valence-electron chi connectivity index (χ3n) is 2.61. The summed E-state index contributed by atoms with van der Waals surface area (Å²) in [6.07, 6.45) is 1.02. The van der Waals surface area contributed by atoms with Crippen molar-refractivity contribution in [2.45, 2.75) is 46.1 Å². The third kappa shape index (κ3) is 3.24. The lowest BCUT2D eigenvalue weighted by atomic mass is 9.86. The van der Waals surface area contributed by atoms with E-state index in [9.17, 15) is 0 Å². The fraction of sp³-hybridized carbons (Fsp3) is 0.571. The summed E-state index contributed by atoms with van der Waals surface area (Å²) in [5.74, 6) is 0.928. The molecule has 0 fully saturated rings. The number of hydrogen-bond donors (Lipinski definition) is 1. The summed E-state index contributed by atoms with van der Waals surface area (Å²) in [5, 5.41) is 0. The minimum atomic E-state index is 0.160. The normalized spacial score (nSPS) is 11.6. The largest absolute Gasteiger partial charge is 0.493 e. The van der Waals surface area contributed by atoms with Crippen molar-refractivity contribution < 1.29 is 4.74 Å². The Morgan fingerprint density at radius 2 is 1.94 bits per heavy atom. The van der Waals surface area contributed by atoms with Gasteiger partial charge in [-0.3, -0.25) is 0 Å². The number of rotatable bonds is 4. The van der Waals surface area contributed by atoms with Crippen LogP contribution in [0.5, 0.6) is 5.75 Å². The van der Waals surface area contributed by atoms with Crippen LogP contribution in [0.15, 0.2) is 18.2 Å². The number of hydrogen-bond acceptors (Lipinski definition) is 2. The second kappa shape index (κ2) is 5.35. The molecule has 0 saturated heterocycles. The first-order valence-electron chi connectivity index (χ1n) is 5.95. The van der Waals surface area contributed by atoms with Crippen LogP contribution in [0.25, 0.3) is 0 Å². The van der Waals surface area contributed by atoms with Gasteiger partial charge >= 0.3 is 0 Å². The van der Waals surface area contributed by atoms with Gasteiger partial charge in [-0.1, -0.05) is 39.8 Å². The van der Waals surface area contributed by atoms with Crippen molar-refractivity contribution in [2.24, 2.45) is 5.73 Å². The lowest BCUT2D eigenvalue weighted by Crippen LogP contribution is -2.13. The van der Waals surface area contributed by atoms with Gasteiger partial charge in [0.1, 0.15) is 5.75 Å². The highest BCUT2D eigenvalue weighted by Gasteiger charge is 2.15. The molecule has 0 atom stereocenters. The standard InChI is InChI=1S/C14H23NO/c1-5-8-16-13-7-6-12(14(2,3)4)9-11(13)10-15/h6-7,9H,5,8,10,15H2,1-4H3. The van der Waals surface area contributed by atoms with Crippen LogP contribution in [0.3, 0.4) is 0 Å². The maximum Gasteiger partial charge on any atom is 0.123 e. The highest BCUT2D eigenvalue weighted by molar-refractivity contribution is 5.39. The molecule has 1 aromatic rings. The van der Waals surface area contributed by atoms with Crippen molar-refractivity contribution in [1.82, 2.24) is 0 Å². The van der Waals surface area contributed by atoms with E-state index in [1.165, 1.54) is 5.56 Å². The SMILES string of the molecule is CCCOc1ccc(C(C)(C)C)cc1CN. The fourth-order valence-corrected chi connectivity index (χ4v) is 1.56. The van der Waals surface area contributed by atoms with Crippen molar-refractivity contribution in [3.05, 3.63) is 29.3 Å². The minimum Gasteiger partial charge on any atom is -0.493 e. The fourth-order valence-electron chi connectivity index (χ4n) is 1.56.